The zero-order valence-electron chi connectivity index (χ0n) is 20.5. The minimum Gasteiger partial charge on any atom is -0.489 e. The minimum atomic E-state index is -4.32. The molecule has 0 fully saturated rings. The molecule has 39 heavy (non-hydrogen) atoms. The molecular formula is C29H21Cl2NO6S. The molecule has 10 heteroatoms. The number of carbonyl (C=O) groups excluding carboxylic acids is 1. The number of ether oxygens (including phenoxy) is 3. The molecule has 0 aliphatic carbocycles. The number of benzene rings is 4. The van der Waals surface area contributed by atoms with Crippen molar-refractivity contribution >= 4 is 50.1 Å². The fraction of sp³-hybridized carbons (Fsp3) is 0.0690. The summed E-state index contributed by atoms with van der Waals surface area (Å²) in [5.74, 6) is 0.183. The first-order chi connectivity index (χ1) is 18.8. The monoisotopic (exact) mass is 581 g/mol. The lowest BCUT2D eigenvalue weighted by Crippen LogP contribution is -2.19. The molecular weight excluding hydrogens is 561 g/mol. The largest absolute Gasteiger partial charge is 0.489 e. The normalized spacial score (nSPS) is 11.4. The van der Waals surface area contributed by atoms with Gasteiger partial charge in [0.05, 0.1) is 12.6 Å². The zero-order valence-corrected chi connectivity index (χ0v) is 22.8. The van der Waals surface area contributed by atoms with E-state index in [1.807, 2.05) is 6.07 Å². The summed E-state index contributed by atoms with van der Waals surface area (Å²) in [5, 5.41) is 1.37. The number of aromatic nitrogens is 1. The summed E-state index contributed by atoms with van der Waals surface area (Å²) >= 11 is 12.5. The van der Waals surface area contributed by atoms with E-state index in [0.717, 1.165) is 3.97 Å². The Morgan fingerprint density at radius 3 is 2.23 bits per heavy atom. The third-order valence-corrected chi connectivity index (χ3v) is 8.38. The minimum absolute atomic E-state index is 0.0943. The van der Waals surface area contributed by atoms with Gasteiger partial charge in [-0.05, 0) is 60.7 Å². The molecule has 4 aromatic carbocycles. The second-order valence-electron chi connectivity index (χ2n) is 8.36. The van der Waals surface area contributed by atoms with E-state index in [-0.39, 0.29) is 28.5 Å². The summed E-state index contributed by atoms with van der Waals surface area (Å²) < 4.78 is 45.7. The topological polar surface area (TPSA) is 83.8 Å². The van der Waals surface area contributed by atoms with Gasteiger partial charge in [0.15, 0.2) is 0 Å². The standard InChI is InChI=1S/C29H21Cl2NO6S/c1-36-29(33)26-17-19-16-21(37-18-22-23(30)10-7-11-24(22)31)14-15-25(19)32(26)39(34,35)28-13-6-5-12-27(28)38-20-8-3-2-4-9-20/h2-17H,18H2,1H3. The van der Waals surface area contributed by atoms with Gasteiger partial charge in [0, 0.05) is 21.0 Å². The Labute approximate surface area is 235 Å². The van der Waals surface area contributed by atoms with Crippen LogP contribution in [0.25, 0.3) is 10.9 Å². The summed E-state index contributed by atoms with van der Waals surface area (Å²) in [4.78, 5) is 12.6. The molecule has 5 aromatic rings. The molecule has 0 aliphatic heterocycles. The molecule has 0 saturated heterocycles. The van der Waals surface area contributed by atoms with Crippen LogP contribution in [0.5, 0.6) is 17.2 Å². The summed E-state index contributed by atoms with van der Waals surface area (Å²) in [6.45, 7) is 0.0943. The molecule has 0 spiro atoms. The van der Waals surface area contributed by atoms with Crippen molar-refractivity contribution in [3.8, 4) is 17.2 Å². The number of esters is 1. The third kappa shape index (κ3) is 5.31. The van der Waals surface area contributed by atoms with Crippen LogP contribution in [-0.4, -0.2) is 25.5 Å². The highest BCUT2D eigenvalue weighted by molar-refractivity contribution is 7.90. The van der Waals surface area contributed by atoms with E-state index in [1.54, 1.807) is 78.9 Å². The van der Waals surface area contributed by atoms with Crippen molar-refractivity contribution in [2.75, 3.05) is 7.11 Å². The number of hydrogen-bond acceptors (Lipinski definition) is 6. The Kier molecular flexibility index (Phi) is 7.52. The van der Waals surface area contributed by atoms with Crippen molar-refractivity contribution < 1.29 is 27.4 Å². The van der Waals surface area contributed by atoms with Gasteiger partial charge in [0.2, 0.25) is 0 Å². The van der Waals surface area contributed by atoms with Crippen LogP contribution in [0.15, 0.2) is 102 Å². The highest BCUT2D eigenvalue weighted by Gasteiger charge is 2.29. The Hall–Kier alpha value is -3.98. The number of nitrogens with zero attached hydrogens (tertiary/aromatic N) is 1. The van der Waals surface area contributed by atoms with Crippen LogP contribution in [0, 0.1) is 0 Å². The second kappa shape index (κ2) is 11.0. The van der Waals surface area contributed by atoms with E-state index in [1.165, 1.54) is 19.2 Å². The molecule has 1 aromatic heterocycles. The number of carbonyl (C=O) groups is 1. The van der Waals surface area contributed by atoms with Crippen LogP contribution >= 0.6 is 23.2 Å². The van der Waals surface area contributed by atoms with E-state index >= 15 is 0 Å². The van der Waals surface area contributed by atoms with Gasteiger partial charge in [-0.25, -0.2) is 17.2 Å². The predicted octanol–water partition coefficient (Wildman–Crippen LogP) is 7.34. The van der Waals surface area contributed by atoms with E-state index < -0.39 is 16.0 Å². The highest BCUT2D eigenvalue weighted by Crippen LogP contribution is 2.35. The zero-order chi connectivity index (χ0) is 27.6. The van der Waals surface area contributed by atoms with Gasteiger partial charge in [-0.2, -0.15) is 0 Å². The van der Waals surface area contributed by atoms with Gasteiger partial charge in [-0.3, -0.25) is 0 Å². The van der Waals surface area contributed by atoms with Crippen molar-refractivity contribution in [3.05, 3.63) is 118 Å². The third-order valence-electron chi connectivity index (χ3n) is 5.91. The van der Waals surface area contributed by atoms with Crippen LogP contribution in [-0.2, 0) is 21.4 Å². The number of rotatable bonds is 8. The lowest BCUT2D eigenvalue weighted by Gasteiger charge is -2.15. The molecule has 7 nitrogen and oxygen atoms in total. The van der Waals surface area contributed by atoms with Gasteiger partial charge in [-0.15, -0.1) is 0 Å². The number of methoxy groups -OCH3 is 1. The molecule has 0 saturated carbocycles. The number of hydrogen-bond donors (Lipinski definition) is 0. The quantitative estimate of drug-likeness (QED) is 0.178. The van der Waals surface area contributed by atoms with Crippen molar-refractivity contribution in [3.63, 3.8) is 0 Å². The predicted molar refractivity (Wildman–Crippen MR) is 150 cm³/mol. The Morgan fingerprint density at radius 1 is 0.821 bits per heavy atom. The maximum absolute atomic E-state index is 14.0. The van der Waals surface area contributed by atoms with Crippen LogP contribution < -0.4 is 9.47 Å². The molecule has 0 N–H and O–H groups in total. The lowest BCUT2D eigenvalue weighted by molar-refractivity contribution is 0.0593. The van der Waals surface area contributed by atoms with Crippen LogP contribution in [0.2, 0.25) is 10.0 Å². The van der Waals surface area contributed by atoms with Crippen LogP contribution in [0.3, 0.4) is 0 Å². The lowest BCUT2D eigenvalue weighted by atomic mass is 10.2. The molecule has 0 bridgehead atoms. The average Bonchev–Trinajstić information content (AvgIpc) is 3.33. The Bertz CT molecular complexity index is 1760. The first-order valence-electron chi connectivity index (χ1n) is 11.7. The van der Waals surface area contributed by atoms with Gasteiger partial charge in [0.25, 0.3) is 10.0 Å². The van der Waals surface area contributed by atoms with Crippen molar-refractivity contribution in [1.29, 1.82) is 0 Å². The first kappa shape index (κ1) is 26.6. The molecule has 0 amide bonds. The highest BCUT2D eigenvalue weighted by atomic mass is 35.5. The summed E-state index contributed by atoms with van der Waals surface area (Å²) in [6.07, 6.45) is 0. The smallest absolute Gasteiger partial charge is 0.355 e. The second-order valence-corrected chi connectivity index (χ2v) is 10.9. The molecule has 0 unspecified atom stereocenters. The molecule has 1 heterocycles. The first-order valence-corrected chi connectivity index (χ1v) is 13.9. The van der Waals surface area contributed by atoms with Crippen molar-refractivity contribution in [1.82, 2.24) is 3.97 Å². The fourth-order valence-corrected chi connectivity index (χ4v) is 6.18. The maximum atomic E-state index is 14.0. The van der Waals surface area contributed by atoms with Crippen molar-refractivity contribution in [2.24, 2.45) is 0 Å². The molecule has 5 rings (SSSR count). The maximum Gasteiger partial charge on any atom is 0.355 e. The molecule has 0 aliphatic rings. The Balaban J connectivity index is 1.57. The van der Waals surface area contributed by atoms with Crippen LogP contribution in [0.1, 0.15) is 16.1 Å². The number of fused-ring (bicyclic) bond motifs is 1. The summed E-state index contributed by atoms with van der Waals surface area (Å²) in [5.41, 5.74) is 0.702. The van der Waals surface area contributed by atoms with Crippen LogP contribution in [0.4, 0.5) is 0 Å². The van der Waals surface area contributed by atoms with Gasteiger partial charge < -0.3 is 14.2 Å². The van der Waals surface area contributed by atoms with E-state index in [4.69, 9.17) is 37.4 Å². The molecule has 0 radical (unpaired) electrons. The summed E-state index contributed by atoms with van der Waals surface area (Å²) in [7, 11) is -3.14. The fourth-order valence-electron chi connectivity index (χ4n) is 4.05. The van der Waals surface area contributed by atoms with E-state index in [9.17, 15) is 13.2 Å². The Morgan fingerprint density at radius 2 is 1.51 bits per heavy atom. The van der Waals surface area contributed by atoms with E-state index in [0.29, 0.717) is 32.5 Å². The number of para-hydroxylation sites is 2. The summed E-state index contributed by atoms with van der Waals surface area (Å²) in [6, 6.07) is 26.4. The van der Waals surface area contributed by atoms with Crippen molar-refractivity contribution in [2.45, 2.75) is 11.5 Å². The van der Waals surface area contributed by atoms with Gasteiger partial charge in [0.1, 0.15) is 34.4 Å². The van der Waals surface area contributed by atoms with Gasteiger partial charge in [-0.1, -0.05) is 59.6 Å². The molecule has 198 valence electrons. The number of halogens is 2. The average molecular weight is 582 g/mol. The SMILES string of the molecule is COC(=O)c1cc2cc(OCc3c(Cl)cccc3Cl)ccc2n1S(=O)(=O)c1ccccc1Oc1ccccc1. The molecule has 0 atom stereocenters. The van der Waals surface area contributed by atoms with E-state index in [2.05, 4.69) is 0 Å². The van der Waals surface area contributed by atoms with Gasteiger partial charge >= 0.3 is 5.97 Å².